The minimum absolute atomic E-state index is 0. The molecular weight excluding hydrogens is 157 g/mol. The predicted molar refractivity (Wildman–Crippen MR) is 20.3 cm³/mol. The van der Waals surface area contributed by atoms with Crippen molar-refractivity contribution < 1.29 is 37.5 Å². The van der Waals surface area contributed by atoms with Gasteiger partial charge in [0.05, 0.1) is 0 Å². The molecule has 0 bridgehead atoms. The number of carbonyl (C=O) groups excluding carboxylic acids is 1. The van der Waals surface area contributed by atoms with E-state index < -0.39 is 6.03 Å². The van der Waals surface area contributed by atoms with Gasteiger partial charge in [-0.15, -0.1) is 0 Å². The Morgan fingerprint density at radius 3 is 1.67 bits per heavy atom. The van der Waals surface area contributed by atoms with Gasteiger partial charge in [-0.05, 0) is 0 Å². The third kappa shape index (κ3) is 356. The monoisotopic (exact) mass is 163 g/mol. The van der Waals surface area contributed by atoms with Gasteiger partial charge in [0, 0.05) is 32.7 Å². The van der Waals surface area contributed by atoms with E-state index in [1.165, 1.54) is 0 Å². The van der Waals surface area contributed by atoms with Gasteiger partial charge in [-0.25, -0.2) is 0 Å². The summed E-state index contributed by atoms with van der Waals surface area (Å²) < 4.78 is 0. The minimum Gasteiger partial charge on any atom is -0.463 e. The zero-order chi connectivity index (χ0) is 3.58. The summed E-state index contributed by atoms with van der Waals surface area (Å²) in [6.45, 7) is 0. The maximum absolute atomic E-state index is 8.89. The molecule has 4 heteroatoms. The molecule has 0 saturated carbocycles. The van der Waals surface area contributed by atoms with E-state index in [0.29, 0.717) is 0 Å². The number of amides is 2. The van der Waals surface area contributed by atoms with Gasteiger partial charge in [0.15, 0.2) is 0 Å². The van der Waals surface area contributed by atoms with Crippen LogP contribution < -0.4 is 5.73 Å². The van der Waals surface area contributed by atoms with Crippen molar-refractivity contribution in [3.05, 3.63) is 13.2 Å². The maximum atomic E-state index is 8.89. The molecule has 35 valence electrons. The smallest absolute Gasteiger partial charge is 0.147 e. The van der Waals surface area contributed by atoms with Crippen LogP contribution in [0.2, 0.25) is 0 Å². The summed E-state index contributed by atoms with van der Waals surface area (Å²) in [6.07, 6.45) is 0. The van der Waals surface area contributed by atoms with E-state index in [9.17, 15) is 0 Å². The van der Waals surface area contributed by atoms with Gasteiger partial charge < -0.3 is 18.9 Å². The number of carbonyl (C=O) groups is 1. The van der Waals surface area contributed by atoms with Crippen LogP contribution in [0, 0.1) is 7.43 Å². The summed E-state index contributed by atoms with van der Waals surface area (Å²) in [6, 6.07) is -1.08. The molecule has 1 radical (unpaired) electrons. The van der Waals surface area contributed by atoms with Crippen LogP contribution in [-0.4, -0.2) is 6.03 Å². The normalized spacial score (nSPS) is 4.00. The molecule has 3 N–H and O–H groups in total. The number of hydrogen-bond acceptors (Lipinski definition) is 1. The van der Waals surface area contributed by atoms with Crippen LogP contribution in [0.5, 0.6) is 0 Å². The largest absolute Gasteiger partial charge is 0.463 e. The van der Waals surface area contributed by atoms with E-state index in [1.54, 1.807) is 0 Å². The Kier molecular flexibility index (Phi) is 24.3. The van der Waals surface area contributed by atoms with Gasteiger partial charge in [-0.2, -0.15) is 0 Å². The van der Waals surface area contributed by atoms with Crippen LogP contribution in [0.3, 0.4) is 0 Å². The van der Waals surface area contributed by atoms with Crippen LogP contribution in [0.15, 0.2) is 0 Å². The molecule has 0 saturated heterocycles. The van der Waals surface area contributed by atoms with Crippen LogP contribution in [0.1, 0.15) is 0 Å². The first-order valence-electron chi connectivity index (χ1n) is 0.743. The van der Waals surface area contributed by atoms with Gasteiger partial charge in [-0.1, -0.05) is 0 Å². The Balaban J connectivity index is -0.0000000450. The van der Waals surface area contributed by atoms with Crippen molar-refractivity contribution in [2.45, 2.75) is 0 Å². The van der Waals surface area contributed by atoms with Crippen molar-refractivity contribution in [1.29, 1.82) is 0 Å². The third-order valence-electron chi connectivity index (χ3n) is 0. The van der Waals surface area contributed by atoms with Crippen LogP contribution in [0.25, 0.3) is 5.73 Å². The van der Waals surface area contributed by atoms with E-state index in [2.05, 4.69) is 5.73 Å². The zero-order valence-electron chi connectivity index (χ0n) is 3.56. The van der Waals surface area contributed by atoms with Crippen molar-refractivity contribution in [3.8, 4) is 0 Å². The van der Waals surface area contributed by atoms with Gasteiger partial charge >= 0.3 is 0 Å². The molecule has 0 fully saturated rings. The standard InChI is InChI=1S/CH4N2O.CH3.Y/c2-1(3)4;;/h(H4,2,3,4);1H3;/q;-1;/p-1. The third-order valence-corrected chi connectivity index (χ3v) is 0. The molecule has 3 nitrogen and oxygen atoms in total. The van der Waals surface area contributed by atoms with Gasteiger partial charge in [0.2, 0.25) is 0 Å². The summed E-state index contributed by atoms with van der Waals surface area (Å²) in [5, 5.41) is 0. The van der Waals surface area contributed by atoms with Crippen molar-refractivity contribution in [2.24, 2.45) is 5.73 Å². The SMILES string of the molecule is [CH3-].[NH-]C(N)=O.[Y]. The molecular formula is C2H6N2OY-2. The second kappa shape index (κ2) is 9.03. The first-order chi connectivity index (χ1) is 1.73. The molecule has 0 aromatic carbocycles. The van der Waals surface area contributed by atoms with E-state index in [4.69, 9.17) is 10.5 Å². The van der Waals surface area contributed by atoms with Crippen LogP contribution in [0.4, 0.5) is 4.79 Å². The average Bonchev–Trinajstić information content (AvgIpc) is 0.811. The van der Waals surface area contributed by atoms with E-state index in [1.807, 2.05) is 0 Å². The Morgan fingerprint density at radius 2 is 1.67 bits per heavy atom. The number of nitrogens with one attached hydrogen (secondary N) is 1. The summed E-state index contributed by atoms with van der Waals surface area (Å²) >= 11 is 0. The summed E-state index contributed by atoms with van der Waals surface area (Å²) in [4.78, 5) is 8.89. The van der Waals surface area contributed by atoms with Gasteiger partial charge in [0.25, 0.3) is 0 Å². The zero-order valence-corrected chi connectivity index (χ0v) is 6.40. The van der Waals surface area contributed by atoms with E-state index in [-0.39, 0.29) is 40.1 Å². The summed E-state index contributed by atoms with van der Waals surface area (Å²) in [5.74, 6) is 0. The van der Waals surface area contributed by atoms with Crippen molar-refractivity contribution in [2.75, 3.05) is 0 Å². The number of hydrogen-bond donors (Lipinski definition) is 1. The molecule has 0 atom stereocenters. The molecule has 0 spiro atoms. The molecule has 0 aromatic rings. The van der Waals surface area contributed by atoms with Crippen LogP contribution in [-0.2, 0) is 32.7 Å². The summed E-state index contributed by atoms with van der Waals surface area (Å²) in [7, 11) is 0. The number of nitrogens with two attached hydrogens (primary N) is 1. The number of rotatable bonds is 0. The quantitative estimate of drug-likeness (QED) is 0.521. The fraction of sp³-hybridized carbons (Fsp3) is 0. The molecule has 0 aromatic heterocycles. The fourth-order valence-corrected chi connectivity index (χ4v) is 0. The summed E-state index contributed by atoms with van der Waals surface area (Å²) in [5.41, 5.74) is 9.86. The van der Waals surface area contributed by atoms with E-state index >= 15 is 0 Å². The Hall–Kier alpha value is 0.374. The maximum Gasteiger partial charge on any atom is 0.147 e. The molecule has 0 heterocycles. The Bertz CT molecular complexity index is 34.5. The predicted octanol–water partition coefficient (Wildman–Crippen LogP) is 0.565. The average molecular weight is 163 g/mol. The second-order valence-corrected chi connectivity index (χ2v) is 0.364. The Morgan fingerprint density at radius 1 is 1.67 bits per heavy atom. The molecule has 2 amide bonds. The topological polar surface area (TPSA) is 66.9 Å². The first-order valence-corrected chi connectivity index (χ1v) is 0.743. The van der Waals surface area contributed by atoms with Crippen molar-refractivity contribution in [3.63, 3.8) is 0 Å². The Labute approximate surface area is 62.3 Å². The molecule has 0 aliphatic carbocycles. The van der Waals surface area contributed by atoms with Gasteiger partial charge in [-0.3, -0.25) is 4.79 Å². The first kappa shape index (κ1) is 16.2. The van der Waals surface area contributed by atoms with Crippen molar-refractivity contribution in [1.82, 2.24) is 0 Å². The van der Waals surface area contributed by atoms with Crippen molar-refractivity contribution >= 4 is 6.03 Å². The van der Waals surface area contributed by atoms with E-state index in [0.717, 1.165) is 0 Å². The molecule has 0 aliphatic heterocycles. The second-order valence-electron chi connectivity index (χ2n) is 0.364. The molecule has 0 unspecified atom stereocenters. The molecule has 0 aliphatic rings. The molecule has 6 heavy (non-hydrogen) atoms. The van der Waals surface area contributed by atoms with Crippen LogP contribution >= 0.6 is 0 Å². The number of primary amides is 1. The molecule has 0 rings (SSSR count). The fourth-order valence-electron chi connectivity index (χ4n) is 0. The number of urea groups is 1. The van der Waals surface area contributed by atoms with Gasteiger partial charge in [0.1, 0.15) is 6.03 Å². The minimum atomic E-state index is -1.08.